The average Bonchev–Trinajstić information content (AvgIpc) is 2.73. The first kappa shape index (κ1) is 14.5. The molecule has 0 radical (unpaired) electrons. The normalized spacial score (nSPS) is 12.2. The molecule has 0 aliphatic rings. The van der Waals surface area contributed by atoms with E-state index in [9.17, 15) is 4.79 Å². The lowest BCUT2D eigenvalue weighted by molar-refractivity contribution is -0.122. The number of hydrogen-bond donors (Lipinski definition) is 2. The Balaban J connectivity index is 2.41. The van der Waals surface area contributed by atoms with E-state index in [4.69, 9.17) is 10.5 Å². The number of carbonyl (C=O) groups is 1. The molecule has 0 aliphatic heterocycles. The minimum Gasteiger partial charge on any atom is -0.481 e. The van der Waals surface area contributed by atoms with Gasteiger partial charge in [0.1, 0.15) is 0 Å². The second kappa shape index (κ2) is 7.00. The van der Waals surface area contributed by atoms with Crippen LogP contribution in [0.15, 0.2) is 6.07 Å². The number of carbonyl (C=O) groups excluding carboxylic acids is 1. The maximum absolute atomic E-state index is 11.7. The number of nitrogens with zero attached hydrogens (tertiary/aromatic N) is 2. The van der Waals surface area contributed by atoms with E-state index >= 15 is 0 Å². The van der Waals surface area contributed by atoms with Crippen LogP contribution in [0.4, 0.5) is 0 Å². The highest BCUT2D eigenvalue weighted by molar-refractivity contribution is 5.81. The standard InChI is InChI=1S/C12H22N4O2/c1-4-5-6-10(13)12(17)14-8-9-7-11(18-3)16(2)15-9/h7,10H,4-6,8,13H2,1-3H3,(H,14,17). The van der Waals surface area contributed by atoms with Crippen LogP contribution in [0.25, 0.3) is 0 Å². The van der Waals surface area contributed by atoms with Gasteiger partial charge in [-0.2, -0.15) is 5.10 Å². The summed E-state index contributed by atoms with van der Waals surface area (Å²) in [7, 11) is 3.37. The number of amides is 1. The Labute approximate surface area is 107 Å². The summed E-state index contributed by atoms with van der Waals surface area (Å²) < 4.78 is 6.72. The molecule has 0 fully saturated rings. The summed E-state index contributed by atoms with van der Waals surface area (Å²) in [6.07, 6.45) is 2.72. The lowest BCUT2D eigenvalue weighted by Crippen LogP contribution is -2.40. The second-order valence-electron chi connectivity index (χ2n) is 4.27. The topological polar surface area (TPSA) is 82.2 Å². The van der Waals surface area contributed by atoms with Gasteiger partial charge < -0.3 is 15.8 Å². The highest BCUT2D eigenvalue weighted by atomic mass is 16.5. The molecule has 3 N–H and O–H groups in total. The summed E-state index contributed by atoms with van der Waals surface area (Å²) in [4.78, 5) is 11.7. The maximum atomic E-state index is 11.7. The first-order chi connectivity index (χ1) is 8.58. The van der Waals surface area contributed by atoms with Crippen LogP contribution in [-0.2, 0) is 18.4 Å². The highest BCUT2D eigenvalue weighted by Gasteiger charge is 2.13. The van der Waals surface area contributed by atoms with E-state index in [0.717, 1.165) is 18.5 Å². The van der Waals surface area contributed by atoms with Crippen LogP contribution in [0.3, 0.4) is 0 Å². The quantitative estimate of drug-likeness (QED) is 0.745. The van der Waals surface area contributed by atoms with Crippen LogP contribution < -0.4 is 15.8 Å². The molecule has 0 saturated heterocycles. The number of nitrogens with one attached hydrogen (secondary N) is 1. The fourth-order valence-electron chi connectivity index (χ4n) is 1.65. The Hall–Kier alpha value is -1.56. The molecule has 1 atom stereocenters. The van der Waals surface area contributed by atoms with Gasteiger partial charge >= 0.3 is 0 Å². The zero-order chi connectivity index (χ0) is 13.5. The third-order valence-electron chi connectivity index (χ3n) is 2.75. The minimum absolute atomic E-state index is 0.131. The van der Waals surface area contributed by atoms with Crippen molar-refractivity contribution >= 4 is 5.91 Å². The Morgan fingerprint density at radius 1 is 1.67 bits per heavy atom. The Kier molecular flexibility index (Phi) is 5.64. The largest absolute Gasteiger partial charge is 0.481 e. The number of aryl methyl sites for hydroxylation is 1. The van der Waals surface area contributed by atoms with Crippen molar-refractivity contribution in [3.63, 3.8) is 0 Å². The van der Waals surface area contributed by atoms with Crippen molar-refractivity contribution in [1.29, 1.82) is 0 Å². The van der Waals surface area contributed by atoms with E-state index in [1.807, 2.05) is 0 Å². The Morgan fingerprint density at radius 3 is 2.94 bits per heavy atom. The molecule has 0 aromatic carbocycles. The fourth-order valence-corrected chi connectivity index (χ4v) is 1.65. The lowest BCUT2D eigenvalue weighted by Gasteiger charge is -2.10. The monoisotopic (exact) mass is 254 g/mol. The van der Waals surface area contributed by atoms with Gasteiger partial charge in [0.05, 0.1) is 25.4 Å². The van der Waals surface area contributed by atoms with Gasteiger partial charge in [0.25, 0.3) is 0 Å². The number of ether oxygens (including phenoxy) is 1. The van der Waals surface area contributed by atoms with Gasteiger partial charge in [-0.3, -0.25) is 4.79 Å². The molecule has 6 nitrogen and oxygen atoms in total. The second-order valence-corrected chi connectivity index (χ2v) is 4.27. The molecule has 1 unspecified atom stereocenters. The van der Waals surface area contributed by atoms with Gasteiger partial charge in [0.2, 0.25) is 11.8 Å². The van der Waals surface area contributed by atoms with Crippen molar-refractivity contribution in [2.75, 3.05) is 7.11 Å². The predicted molar refractivity (Wildman–Crippen MR) is 69.1 cm³/mol. The molecule has 1 aromatic rings. The summed E-state index contributed by atoms with van der Waals surface area (Å²) in [5.41, 5.74) is 6.52. The number of aromatic nitrogens is 2. The molecule has 18 heavy (non-hydrogen) atoms. The van der Waals surface area contributed by atoms with Crippen molar-refractivity contribution < 1.29 is 9.53 Å². The maximum Gasteiger partial charge on any atom is 0.237 e. The first-order valence-corrected chi connectivity index (χ1v) is 6.18. The average molecular weight is 254 g/mol. The molecular formula is C12H22N4O2. The number of unbranched alkanes of at least 4 members (excludes halogenated alkanes) is 1. The van der Waals surface area contributed by atoms with Crippen molar-refractivity contribution in [1.82, 2.24) is 15.1 Å². The zero-order valence-corrected chi connectivity index (χ0v) is 11.3. The van der Waals surface area contributed by atoms with Gasteiger partial charge in [0, 0.05) is 13.1 Å². The molecule has 0 bridgehead atoms. The third kappa shape index (κ3) is 4.03. The van der Waals surface area contributed by atoms with Crippen molar-refractivity contribution in [3.8, 4) is 5.88 Å². The van der Waals surface area contributed by atoms with E-state index in [0.29, 0.717) is 18.8 Å². The number of nitrogens with two attached hydrogens (primary N) is 1. The first-order valence-electron chi connectivity index (χ1n) is 6.18. The van der Waals surface area contributed by atoms with Crippen LogP contribution in [0.1, 0.15) is 31.9 Å². The van der Waals surface area contributed by atoms with Crippen LogP contribution >= 0.6 is 0 Å². The van der Waals surface area contributed by atoms with Gasteiger partial charge in [-0.15, -0.1) is 0 Å². The number of hydrogen-bond acceptors (Lipinski definition) is 4. The van der Waals surface area contributed by atoms with Crippen molar-refractivity contribution in [3.05, 3.63) is 11.8 Å². The van der Waals surface area contributed by atoms with E-state index in [-0.39, 0.29) is 5.91 Å². The predicted octanol–water partition coefficient (Wildman–Crippen LogP) is 0.562. The summed E-state index contributed by atoms with van der Waals surface area (Å²) in [6, 6.07) is 1.35. The van der Waals surface area contributed by atoms with Gasteiger partial charge in [0.15, 0.2) is 0 Å². The zero-order valence-electron chi connectivity index (χ0n) is 11.3. The van der Waals surface area contributed by atoms with Crippen molar-refractivity contribution in [2.24, 2.45) is 12.8 Å². The third-order valence-corrected chi connectivity index (χ3v) is 2.75. The van der Waals surface area contributed by atoms with Crippen LogP contribution in [0.2, 0.25) is 0 Å². The molecule has 6 heteroatoms. The summed E-state index contributed by atoms with van der Waals surface area (Å²) in [5, 5.41) is 6.99. The van der Waals surface area contributed by atoms with Gasteiger partial charge in [-0.25, -0.2) is 4.68 Å². The van der Waals surface area contributed by atoms with E-state index < -0.39 is 6.04 Å². The molecule has 102 valence electrons. The van der Waals surface area contributed by atoms with Crippen LogP contribution in [0, 0.1) is 0 Å². The van der Waals surface area contributed by atoms with Crippen molar-refractivity contribution in [2.45, 2.75) is 38.8 Å². The van der Waals surface area contributed by atoms with Gasteiger partial charge in [-0.1, -0.05) is 19.8 Å². The van der Waals surface area contributed by atoms with E-state index in [1.165, 1.54) is 0 Å². The molecule has 1 aromatic heterocycles. The highest BCUT2D eigenvalue weighted by Crippen LogP contribution is 2.10. The molecule has 1 rings (SSSR count). The molecule has 1 amide bonds. The van der Waals surface area contributed by atoms with E-state index in [2.05, 4.69) is 17.3 Å². The van der Waals surface area contributed by atoms with E-state index in [1.54, 1.807) is 24.9 Å². The molecular weight excluding hydrogens is 232 g/mol. The molecule has 1 heterocycles. The summed E-state index contributed by atoms with van der Waals surface area (Å²) in [6.45, 7) is 2.45. The smallest absolute Gasteiger partial charge is 0.237 e. The Bertz CT molecular complexity index is 389. The number of methoxy groups -OCH3 is 1. The summed E-state index contributed by atoms with van der Waals surface area (Å²) in [5.74, 6) is 0.530. The molecule has 0 spiro atoms. The van der Waals surface area contributed by atoms with Crippen LogP contribution in [0.5, 0.6) is 5.88 Å². The van der Waals surface area contributed by atoms with Crippen LogP contribution in [-0.4, -0.2) is 28.8 Å². The lowest BCUT2D eigenvalue weighted by atomic mass is 10.1. The Morgan fingerprint density at radius 2 is 2.39 bits per heavy atom. The minimum atomic E-state index is -0.435. The molecule has 0 saturated carbocycles. The fraction of sp³-hybridized carbons (Fsp3) is 0.667. The summed E-state index contributed by atoms with van der Waals surface area (Å²) >= 11 is 0. The number of rotatable bonds is 7. The molecule has 0 aliphatic carbocycles. The SMILES string of the molecule is CCCCC(N)C(=O)NCc1cc(OC)n(C)n1. The van der Waals surface area contributed by atoms with Gasteiger partial charge in [-0.05, 0) is 6.42 Å².